The van der Waals surface area contributed by atoms with Crippen molar-refractivity contribution in [2.75, 3.05) is 7.11 Å². The number of rotatable bonds is 4. The minimum Gasteiger partial charge on any atom is -0.497 e. The number of carbonyl (C=O) groups excluding carboxylic acids is 1. The number of ether oxygens (including phenoxy) is 2. The van der Waals surface area contributed by atoms with Gasteiger partial charge in [0.25, 0.3) is 0 Å². The lowest BCUT2D eigenvalue weighted by Gasteiger charge is -2.21. The van der Waals surface area contributed by atoms with E-state index in [4.69, 9.17) is 14.5 Å². The molecule has 0 saturated heterocycles. The van der Waals surface area contributed by atoms with Gasteiger partial charge in [-0.1, -0.05) is 43.5 Å². The Hall–Kier alpha value is -2.82. The van der Waals surface area contributed by atoms with Crippen LogP contribution in [0.2, 0.25) is 0 Å². The minimum absolute atomic E-state index is 0.222. The maximum Gasteiger partial charge on any atom is 0.420 e. The van der Waals surface area contributed by atoms with Crippen molar-refractivity contribution >= 4 is 17.1 Å². The Kier molecular flexibility index (Phi) is 5.10. The molecule has 1 aliphatic rings. The van der Waals surface area contributed by atoms with E-state index in [1.165, 1.54) is 19.3 Å². The summed E-state index contributed by atoms with van der Waals surface area (Å²) in [6.45, 7) is 0.222. The number of carbonyl (C=O) groups is 1. The summed E-state index contributed by atoms with van der Waals surface area (Å²) < 4.78 is 12.5. The lowest BCUT2D eigenvalue weighted by atomic mass is 9.89. The third-order valence-corrected chi connectivity index (χ3v) is 5.26. The zero-order chi connectivity index (χ0) is 18.6. The van der Waals surface area contributed by atoms with Gasteiger partial charge in [-0.15, -0.1) is 0 Å². The number of hydrogen-bond donors (Lipinski definition) is 0. The van der Waals surface area contributed by atoms with Crippen LogP contribution >= 0.6 is 0 Å². The van der Waals surface area contributed by atoms with Gasteiger partial charge in [0.05, 0.1) is 18.1 Å². The van der Waals surface area contributed by atoms with E-state index in [0.717, 1.165) is 41.0 Å². The number of para-hydroxylation sites is 2. The molecule has 5 heteroatoms. The van der Waals surface area contributed by atoms with E-state index < -0.39 is 0 Å². The summed E-state index contributed by atoms with van der Waals surface area (Å²) in [6, 6.07) is 15.3. The van der Waals surface area contributed by atoms with Crippen LogP contribution in [0.25, 0.3) is 11.0 Å². The second-order valence-electron chi connectivity index (χ2n) is 7.03. The predicted molar refractivity (Wildman–Crippen MR) is 104 cm³/mol. The van der Waals surface area contributed by atoms with Crippen LogP contribution in [0.15, 0.2) is 48.5 Å². The lowest BCUT2D eigenvalue weighted by molar-refractivity contribution is 0.141. The van der Waals surface area contributed by atoms with Crippen LogP contribution in [0.1, 0.15) is 49.4 Å². The van der Waals surface area contributed by atoms with Crippen molar-refractivity contribution in [3.63, 3.8) is 0 Å². The van der Waals surface area contributed by atoms with Crippen molar-refractivity contribution in [1.82, 2.24) is 9.55 Å². The Morgan fingerprint density at radius 2 is 1.81 bits per heavy atom. The zero-order valence-electron chi connectivity index (χ0n) is 15.6. The van der Waals surface area contributed by atoms with E-state index in [-0.39, 0.29) is 12.7 Å². The van der Waals surface area contributed by atoms with E-state index in [9.17, 15) is 4.79 Å². The average molecular weight is 364 g/mol. The molecule has 1 fully saturated rings. The van der Waals surface area contributed by atoms with Gasteiger partial charge in [-0.05, 0) is 42.7 Å². The number of imidazole rings is 1. The Morgan fingerprint density at radius 1 is 1.07 bits per heavy atom. The monoisotopic (exact) mass is 364 g/mol. The summed E-state index contributed by atoms with van der Waals surface area (Å²) in [4.78, 5) is 17.7. The highest BCUT2D eigenvalue weighted by molar-refractivity contribution is 5.87. The smallest absolute Gasteiger partial charge is 0.420 e. The summed E-state index contributed by atoms with van der Waals surface area (Å²) >= 11 is 0. The third kappa shape index (κ3) is 3.68. The van der Waals surface area contributed by atoms with Crippen LogP contribution in [-0.2, 0) is 11.3 Å². The van der Waals surface area contributed by atoms with Gasteiger partial charge >= 0.3 is 6.09 Å². The molecule has 3 aromatic rings. The van der Waals surface area contributed by atoms with Crippen molar-refractivity contribution in [2.45, 2.75) is 44.6 Å². The quantitative estimate of drug-likeness (QED) is 0.632. The van der Waals surface area contributed by atoms with Gasteiger partial charge in [0.15, 0.2) is 0 Å². The highest BCUT2D eigenvalue weighted by atomic mass is 16.5. The number of fused-ring (bicyclic) bond motifs is 1. The Morgan fingerprint density at radius 3 is 2.56 bits per heavy atom. The molecule has 1 saturated carbocycles. The number of hydrogen-bond acceptors (Lipinski definition) is 4. The van der Waals surface area contributed by atoms with Gasteiger partial charge in [-0.2, -0.15) is 0 Å². The highest BCUT2D eigenvalue weighted by Gasteiger charge is 2.26. The van der Waals surface area contributed by atoms with Gasteiger partial charge in [-0.25, -0.2) is 14.3 Å². The van der Waals surface area contributed by atoms with Gasteiger partial charge in [-0.3, -0.25) is 0 Å². The minimum atomic E-state index is -0.361. The molecule has 1 heterocycles. The molecule has 0 aliphatic heterocycles. The standard InChI is InChI=1S/C22H24N2O3/c1-26-18-13-11-16(12-14-18)15-27-22(25)24-20-10-6-5-9-19(20)23-21(24)17-7-3-2-4-8-17/h5-6,9-14,17H,2-4,7-8,15H2,1H3. The van der Waals surface area contributed by atoms with Crippen LogP contribution in [0, 0.1) is 0 Å². The van der Waals surface area contributed by atoms with Gasteiger partial charge in [0.1, 0.15) is 18.2 Å². The van der Waals surface area contributed by atoms with E-state index in [2.05, 4.69) is 0 Å². The van der Waals surface area contributed by atoms with Crippen LogP contribution in [0.4, 0.5) is 4.79 Å². The Labute approximate surface area is 158 Å². The molecule has 0 atom stereocenters. The molecular formula is C22H24N2O3. The SMILES string of the molecule is COc1ccc(COC(=O)n2c(C3CCCCC3)nc3ccccc32)cc1. The average Bonchev–Trinajstić information content (AvgIpc) is 3.13. The van der Waals surface area contributed by atoms with Gasteiger partial charge in [0, 0.05) is 5.92 Å². The van der Waals surface area contributed by atoms with Crippen molar-refractivity contribution in [2.24, 2.45) is 0 Å². The van der Waals surface area contributed by atoms with Crippen LogP contribution in [-0.4, -0.2) is 22.8 Å². The van der Waals surface area contributed by atoms with E-state index in [1.807, 2.05) is 48.5 Å². The topological polar surface area (TPSA) is 53.4 Å². The molecule has 1 aromatic heterocycles. The first-order valence-electron chi connectivity index (χ1n) is 9.53. The molecule has 0 radical (unpaired) electrons. The summed E-state index contributed by atoms with van der Waals surface area (Å²) in [5.41, 5.74) is 2.59. The maximum absolute atomic E-state index is 13.0. The van der Waals surface area contributed by atoms with E-state index in [1.54, 1.807) is 11.7 Å². The van der Waals surface area contributed by atoms with Crippen molar-refractivity contribution in [3.05, 3.63) is 59.9 Å². The largest absolute Gasteiger partial charge is 0.497 e. The molecule has 2 aromatic carbocycles. The molecule has 4 rings (SSSR count). The fourth-order valence-corrected chi connectivity index (χ4v) is 3.80. The van der Waals surface area contributed by atoms with Crippen LogP contribution in [0.5, 0.6) is 5.75 Å². The normalized spacial score (nSPS) is 15.0. The molecule has 0 spiro atoms. The van der Waals surface area contributed by atoms with Crippen molar-refractivity contribution in [1.29, 1.82) is 0 Å². The van der Waals surface area contributed by atoms with E-state index in [0.29, 0.717) is 5.92 Å². The van der Waals surface area contributed by atoms with Gasteiger partial charge in [0.2, 0.25) is 0 Å². The number of nitrogens with zero attached hydrogens (tertiary/aromatic N) is 2. The van der Waals surface area contributed by atoms with Gasteiger partial charge < -0.3 is 9.47 Å². The fraction of sp³-hybridized carbons (Fsp3) is 0.364. The zero-order valence-corrected chi connectivity index (χ0v) is 15.6. The second kappa shape index (κ2) is 7.82. The first-order chi connectivity index (χ1) is 13.3. The van der Waals surface area contributed by atoms with Crippen LogP contribution < -0.4 is 4.74 Å². The number of aromatic nitrogens is 2. The Balaban J connectivity index is 1.59. The second-order valence-corrected chi connectivity index (χ2v) is 7.03. The highest BCUT2D eigenvalue weighted by Crippen LogP contribution is 2.34. The maximum atomic E-state index is 13.0. The van der Waals surface area contributed by atoms with Crippen molar-refractivity contribution in [3.8, 4) is 5.75 Å². The predicted octanol–water partition coefficient (Wildman–Crippen LogP) is 5.28. The molecule has 27 heavy (non-hydrogen) atoms. The summed E-state index contributed by atoms with van der Waals surface area (Å²) in [5.74, 6) is 1.94. The van der Waals surface area contributed by atoms with E-state index >= 15 is 0 Å². The fourth-order valence-electron chi connectivity index (χ4n) is 3.80. The molecule has 5 nitrogen and oxygen atoms in total. The molecular weight excluding hydrogens is 340 g/mol. The van der Waals surface area contributed by atoms with Crippen LogP contribution in [0.3, 0.4) is 0 Å². The molecule has 0 N–H and O–H groups in total. The molecule has 0 amide bonds. The molecule has 0 unspecified atom stereocenters. The van der Waals surface area contributed by atoms with Crippen molar-refractivity contribution < 1.29 is 14.3 Å². The first kappa shape index (κ1) is 17.6. The first-order valence-corrected chi connectivity index (χ1v) is 9.53. The molecule has 0 bridgehead atoms. The Bertz CT molecular complexity index is 924. The third-order valence-electron chi connectivity index (χ3n) is 5.26. The number of benzene rings is 2. The molecule has 1 aliphatic carbocycles. The summed E-state index contributed by atoms with van der Waals surface area (Å²) in [5, 5.41) is 0. The number of methoxy groups -OCH3 is 1. The molecule has 140 valence electrons. The lowest BCUT2D eigenvalue weighted by Crippen LogP contribution is -2.20. The summed E-state index contributed by atoms with van der Waals surface area (Å²) in [6.07, 6.45) is 5.44. The summed E-state index contributed by atoms with van der Waals surface area (Å²) in [7, 11) is 1.63.